The number of unbranched alkanes of at least 4 members (excludes halogenated alkanes) is 13. The first-order valence-corrected chi connectivity index (χ1v) is 24.9. The maximum atomic E-state index is 13.0. The van der Waals surface area contributed by atoms with Crippen LogP contribution in [0.4, 0.5) is 0 Å². The van der Waals surface area contributed by atoms with E-state index in [2.05, 4.69) is 68.5 Å². The summed E-state index contributed by atoms with van der Waals surface area (Å²) in [6.07, 6.45) is 25.6. The average Bonchev–Trinajstić information content (AvgIpc) is 3.31. The van der Waals surface area contributed by atoms with Crippen molar-refractivity contribution in [3.63, 3.8) is 0 Å². The lowest BCUT2D eigenvalue weighted by atomic mass is 9.98. The highest BCUT2D eigenvalue weighted by molar-refractivity contribution is 5.70. The normalized spacial score (nSPS) is 26.7. The number of rotatable bonds is 37. The van der Waals surface area contributed by atoms with E-state index in [1.807, 2.05) is 6.08 Å². The lowest BCUT2D eigenvalue weighted by molar-refractivity contribution is -0.332. The molecule has 15 heteroatoms. The van der Waals surface area contributed by atoms with E-state index < -0.39 is 99.3 Å². The molecule has 0 saturated carbocycles. The third-order valence-electron chi connectivity index (χ3n) is 11.5. The Bertz CT molecular complexity index is 1380. The van der Waals surface area contributed by atoms with Gasteiger partial charge in [0.25, 0.3) is 0 Å². The van der Waals surface area contributed by atoms with Crippen LogP contribution in [-0.4, -0.2) is 142 Å². The molecular formula is C51H86O15. The summed E-state index contributed by atoms with van der Waals surface area (Å²) in [5.41, 5.74) is 0. The van der Waals surface area contributed by atoms with Gasteiger partial charge in [0.1, 0.15) is 55.4 Å². The van der Waals surface area contributed by atoms with Crippen LogP contribution >= 0.6 is 0 Å². The number of carbonyl (C=O) groups excluding carboxylic acids is 2. The SMILES string of the molecule is CC/C=C/C/C=C/C/C=C/C/C=C/CCCCC(=O)O[C@H](COC(=O)CC/C=C/CCCCCCCCCCCCC)CO[C@@H]1O[C@H](CO[C@@H]2O[C@H](CO)[C@H](O)C(O)C2O)[C@H](O)C(O)C1O. The molecule has 66 heavy (non-hydrogen) atoms. The number of aliphatic hydroxyl groups is 7. The summed E-state index contributed by atoms with van der Waals surface area (Å²) >= 11 is 0. The number of hydrogen-bond acceptors (Lipinski definition) is 15. The third kappa shape index (κ3) is 26.1. The molecule has 2 fully saturated rings. The quantitative estimate of drug-likeness (QED) is 0.0201. The molecule has 0 aromatic carbocycles. The summed E-state index contributed by atoms with van der Waals surface area (Å²) in [5.74, 6) is -1.03. The molecule has 4 unspecified atom stereocenters. The molecule has 0 radical (unpaired) electrons. The topological polar surface area (TPSA) is 231 Å². The van der Waals surface area contributed by atoms with Gasteiger partial charge in [-0.05, 0) is 64.2 Å². The van der Waals surface area contributed by atoms with Crippen molar-refractivity contribution in [2.45, 2.75) is 223 Å². The Kier molecular flexibility index (Phi) is 34.2. The Morgan fingerprint density at radius 1 is 0.500 bits per heavy atom. The van der Waals surface area contributed by atoms with Gasteiger partial charge in [0.15, 0.2) is 18.7 Å². The number of esters is 2. The minimum Gasteiger partial charge on any atom is -0.462 e. The molecule has 0 aromatic heterocycles. The van der Waals surface area contributed by atoms with Gasteiger partial charge in [-0.15, -0.1) is 0 Å². The van der Waals surface area contributed by atoms with Crippen molar-refractivity contribution in [1.82, 2.24) is 0 Å². The third-order valence-corrected chi connectivity index (χ3v) is 11.5. The zero-order valence-corrected chi connectivity index (χ0v) is 39.9. The second-order valence-corrected chi connectivity index (χ2v) is 17.3. The Morgan fingerprint density at radius 3 is 1.58 bits per heavy atom. The van der Waals surface area contributed by atoms with Crippen LogP contribution in [0.3, 0.4) is 0 Å². The van der Waals surface area contributed by atoms with Gasteiger partial charge in [-0.1, -0.05) is 139 Å². The molecule has 2 saturated heterocycles. The van der Waals surface area contributed by atoms with Crippen molar-refractivity contribution >= 4 is 11.9 Å². The van der Waals surface area contributed by atoms with Crippen LogP contribution < -0.4 is 0 Å². The molecule has 380 valence electrons. The Balaban J connectivity index is 1.86. The first-order valence-electron chi connectivity index (χ1n) is 24.9. The van der Waals surface area contributed by atoms with Crippen LogP contribution in [0.25, 0.3) is 0 Å². The maximum absolute atomic E-state index is 13.0. The molecule has 0 spiro atoms. The Hall–Kier alpha value is -2.80. The van der Waals surface area contributed by atoms with Crippen LogP contribution in [0, 0.1) is 0 Å². The van der Waals surface area contributed by atoms with E-state index in [9.17, 15) is 45.3 Å². The van der Waals surface area contributed by atoms with Crippen molar-refractivity contribution < 1.29 is 73.8 Å². The van der Waals surface area contributed by atoms with Gasteiger partial charge in [-0.2, -0.15) is 0 Å². The second kappa shape index (κ2) is 38.1. The van der Waals surface area contributed by atoms with Crippen LogP contribution in [0.2, 0.25) is 0 Å². The van der Waals surface area contributed by atoms with E-state index in [1.165, 1.54) is 64.2 Å². The predicted molar refractivity (Wildman–Crippen MR) is 252 cm³/mol. The summed E-state index contributed by atoms with van der Waals surface area (Å²) in [6.45, 7) is 2.38. The summed E-state index contributed by atoms with van der Waals surface area (Å²) < 4.78 is 33.4. The molecular weight excluding hydrogens is 853 g/mol. The second-order valence-electron chi connectivity index (χ2n) is 17.3. The van der Waals surface area contributed by atoms with Crippen LogP contribution in [0.1, 0.15) is 155 Å². The zero-order valence-electron chi connectivity index (χ0n) is 39.9. The standard InChI is InChI=1S/C51H86O15/c1-3-5-7-9-11-13-15-17-19-21-23-25-27-29-31-33-42(53)61-36-39(64-43(54)34-32-30-28-26-24-22-20-18-16-14-12-10-8-6-4-2)37-62-50-49(60)47(58)45(56)41(66-50)38-63-51-48(59)46(57)44(55)40(35-52)65-51/h6,8,12,14,18,20,24,26-27,29,39-41,44-52,55-60H,3-5,7,9-11,13,15-17,19,21-23,25,28,30-38H2,1-2H3/b8-6+,14-12+,20-18+,26-24+,29-27+/t39-,40-,41-,44+,45+,46?,47?,48?,49?,50-,51-/m1/s1. The highest BCUT2D eigenvalue weighted by Crippen LogP contribution is 2.26. The number of ether oxygens (including phenoxy) is 6. The summed E-state index contributed by atoms with van der Waals surface area (Å²) in [6, 6.07) is 0. The molecule has 2 aliphatic rings. The summed E-state index contributed by atoms with van der Waals surface area (Å²) in [5, 5.41) is 72.0. The first-order chi connectivity index (χ1) is 32.0. The molecule has 2 heterocycles. The van der Waals surface area contributed by atoms with Crippen LogP contribution in [0.5, 0.6) is 0 Å². The fourth-order valence-electron chi connectivity index (χ4n) is 7.40. The van der Waals surface area contributed by atoms with E-state index in [-0.39, 0.29) is 19.4 Å². The number of carbonyl (C=O) groups is 2. The van der Waals surface area contributed by atoms with Crippen molar-refractivity contribution in [3.05, 3.63) is 60.8 Å². The molecule has 2 rings (SSSR count). The van der Waals surface area contributed by atoms with E-state index in [4.69, 9.17) is 28.4 Å². The van der Waals surface area contributed by atoms with Gasteiger partial charge in [0, 0.05) is 12.8 Å². The monoisotopic (exact) mass is 939 g/mol. The highest BCUT2D eigenvalue weighted by atomic mass is 16.7. The molecule has 0 amide bonds. The lowest BCUT2D eigenvalue weighted by Crippen LogP contribution is -2.61. The average molecular weight is 939 g/mol. The molecule has 0 aliphatic carbocycles. The molecule has 0 bridgehead atoms. The number of aliphatic hydroxyl groups excluding tert-OH is 7. The fourth-order valence-corrected chi connectivity index (χ4v) is 7.40. The van der Waals surface area contributed by atoms with Gasteiger partial charge in [-0.3, -0.25) is 9.59 Å². The van der Waals surface area contributed by atoms with Gasteiger partial charge in [0.2, 0.25) is 0 Å². The minimum atomic E-state index is -1.78. The van der Waals surface area contributed by atoms with Crippen molar-refractivity contribution in [2.24, 2.45) is 0 Å². The largest absolute Gasteiger partial charge is 0.462 e. The van der Waals surface area contributed by atoms with E-state index in [1.54, 1.807) is 0 Å². The zero-order chi connectivity index (χ0) is 48.2. The fraction of sp³-hybridized carbons (Fsp3) is 0.765. The first kappa shape index (κ1) is 59.3. The smallest absolute Gasteiger partial charge is 0.306 e. The highest BCUT2D eigenvalue weighted by Gasteiger charge is 2.47. The number of hydrogen-bond donors (Lipinski definition) is 7. The van der Waals surface area contributed by atoms with Gasteiger partial charge in [0.05, 0.1) is 19.8 Å². The van der Waals surface area contributed by atoms with E-state index in [0.29, 0.717) is 12.8 Å². The number of allylic oxidation sites excluding steroid dienone is 10. The van der Waals surface area contributed by atoms with Gasteiger partial charge >= 0.3 is 11.9 Å². The van der Waals surface area contributed by atoms with E-state index in [0.717, 1.165) is 51.4 Å². The molecule has 2 aliphatic heterocycles. The van der Waals surface area contributed by atoms with Gasteiger partial charge < -0.3 is 64.2 Å². The minimum absolute atomic E-state index is 0.104. The predicted octanol–water partition coefficient (Wildman–Crippen LogP) is 6.49. The Morgan fingerprint density at radius 2 is 0.985 bits per heavy atom. The van der Waals surface area contributed by atoms with Gasteiger partial charge in [-0.25, -0.2) is 0 Å². The van der Waals surface area contributed by atoms with E-state index >= 15 is 0 Å². The van der Waals surface area contributed by atoms with Crippen LogP contribution in [0.15, 0.2) is 60.8 Å². The summed E-state index contributed by atoms with van der Waals surface area (Å²) in [7, 11) is 0. The molecule has 7 N–H and O–H groups in total. The van der Waals surface area contributed by atoms with Crippen molar-refractivity contribution in [1.29, 1.82) is 0 Å². The molecule has 0 aromatic rings. The van der Waals surface area contributed by atoms with Crippen molar-refractivity contribution in [2.75, 3.05) is 26.4 Å². The molecule has 15 nitrogen and oxygen atoms in total. The Labute approximate surface area is 394 Å². The van der Waals surface area contributed by atoms with Crippen LogP contribution in [-0.2, 0) is 38.0 Å². The maximum Gasteiger partial charge on any atom is 0.306 e. The van der Waals surface area contributed by atoms with Crippen molar-refractivity contribution in [3.8, 4) is 0 Å². The lowest BCUT2D eigenvalue weighted by Gasteiger charge is -2.42. The molecule has 11 atom stereocenters. The summed E-state index contributed by atoms with van der Waals surface area (Å²) in [4.78, 5) is 25.7.